The third-order valence-electron chi connectivity index (χ3n) is 5.50. The van der Waals surface area contributed by atoms with Crippen LogP contribution in [-0.2, 0) is 4.74 Å². The van der Waals surface area contributed by atoms with Gasteiger partial charge in [-0.25, -0.2) is 9.18 Å². The van der Waals surface area contributed by atoms with Gasteiger partial charge in [0.1, 0.15) is 11.3 Å². The number of nitrogens with zero attached hydrogens (tertiary/aromatic N) is 2. The van der Waals surface area contributed by atoms with E-state index in [1.165, 1.54) is 13.3 Å². The first-order chi connectivity index (χ1) is 13.4. The number of anilines is 1. The highest BCUT2D eigenvalue weighted by atomic mass is 19.1. The molecule has 2 aliphatic rings. The van der Waals surface area contributed by atoms with Gasteiger partial charge in [-0.05, 0) is 18.9 Å². The van der Waals surface area contributed by atoms with Gasteiger partial charge in [0.05, 0.1) is 30.2 Å². The standard InChI is InChI=1S/C19H22FN3O5/c1-27-14-8-22(7-13(14)21)16-12(20)5-10-15(18(16)28-2)23(9-3-4-9)6-11(17(10)24)19(25)26/h5-6,9,13-14H,3-4,7-8,21H2,1-2H3,(H,25,26)/t13-,14+/m0/s1. The third-order valence-corrected chi connectivity index (χ3v) is 5.50. The molecule has 0 amide bonds. The van der Waals surface area contributed by atoms with Crippen LogP contribution in [0.3, 0.4) is 0 Å². The number of fused-ring (bicyclic) bond motifs is 1. The molecule has 9 heteroatoms. The lowest BCUT2D eigenvalue weighted by atomic mass is 10.1. The average Bonchev–Trinajstić information content (AvgIpc) is 3.43. The van der Waals surface area contributed by atoms with Crippen molar-refractivity contribution in [2.75, 3.05) is 32.2 Å². The van der Waals surface area contributed by atoms with Crippen LogP contribution in [0, 0.1) is 5.82 Å². The van der Waals surface area contributed by atoms with E-state index in [0.29, 0.717) is 18.6 Å². The quantitative estimate of drug-likeness (QED) is 0.792. The fourth-order valence-corrected chi connectivity index (χ4v) is 3.96. The topological polar surface area (TPSA) is 107 Å². The van der Waals surface area contributed by atoms with Gasteiger partial charge < -0.3 is 29.8 Å². The molecule has 0 spiro atoms. The normalized spacial score (nSPS) is 22.1. The molecule has 2 heterocycles. The molecule has 4 rings (SSSR count). The highest BCUT2D eigenvalue weighted by Crippen LogP contribution is 2.44. The number of carbonyl (C=O) groups is 1. The minimum Gasteiger partial charge on any atom is -0.492 e. The first-order valence-corrected chi connectivity index (χ1v) is 9.09. The van der Waals surface area contributed by atoms with E-state index in [9.17, 15) is 14.7 Å². The van der Waals surface area contributed by atoms with Gasteiger partial charge >= 0.3 is 5.97 Å². The summed E-state index contributed by atoms with van der Waals surface area (Å²) in [4.78, 5) is 26.0. The molecule has 0 bridgehead atoms. The van der Waals surface area contributed by atoms with Crippen LogP contribution in [0.4, 0.5) is 10.1 Å². The molecule has 0 radical (unpaired) electrons. The monoisotopic (exact) mass is 391 g/mol. The summed E-state index contributed by atoms with van der Waals surface area (Å²) in [7, 11) is 2.97. The van der Waals surface area contributed by atoms with Crippen LogP contribution < -0.4 is 20.8 Å². The van der Waals surface area contributed by atoms with Crippen LogP contribution in [0.1, 0.15) is 29.2 Å². The molecule has 2 fully saturated rings. The number of pyridine rings is 1. The lowest BCUT2D eigenvalue weighted by Crippen LogP contribution is -2.34. The van der Waals surface area contributed by atoms with Gasteiger partial charge in [0.2, 0.25) is 5.43 Å². The Morgan fingerprint density at radius 1 is 1.32 bits per heavy atom. The lowest BCUT2D eigenvalue weighted by Gasteiger charge is -2.24. The summed E-state index contributed by atoms with van der Waals surface area (Å²) in [6.45, 7) is 0.759. The van der Waals surface area contributed by atoms with Gasteiger partial charge in [-0.3, -0.25) is 4.79 Å². The molecule has 8 nitrogen and oxygen atoms in total. The summed E-state index contributed by atoms with van der Waals surface area (Å²) in [6.07, 6.45) is 2.79. The Morgan fingerprint density at radius 2 is 2.04 bits per heavy atom. The van der Waals surface area contributed by atoms with E-state index in [1.54, 1.807) is 16.6 Å². The summed E-state index contributed by atoms with van der Waals surface area (Å²) >= 11 is 0. The number of nitrogens with two attached hydrogens (primary N) is 1. The lowest BCUT2D eigenvalue weighted by molar-refractivity contribution is 0.0694. The van der Waals surface area contributed by atoms with Crippen molar-refractivity contribution >= 4 is 22.6 Å². The SMILES string of the molecule is COc1c(N2C[C@H](N)[C@H](OC)C2)c(F)cc2c(=O)c(C(=O)O)cn(C3CC3)c12. The van der Waals surface area contributed by atoms with Gasteiger partial charge in [0, 0.05) is 32.4 Å². The molecule has 1 aromatic heterocycles. The van der Waals surface area contributed by atoms with E-state index in [1.807, 2.05) is 0 Å². The Balaban J connectivity index is 2.00. The van der Waals surface area contributed by atoms with Crippen LogP contribution in [-0.4, -0.2) is 55.1 Å². The molecule has 150 valence electrons. The number of hydrogen-bond acceptors (Lipinski definition) is 6. The van der Waals surface area contributed by atoms with Crippen LogP contribution in [0.5, 0.6) is 5.75 Å². The fraction of sp³-hybridized carbons (Fsp3) is 0.474. The maximum absolute atomic E-state index is 15.1. The largest absolute Gasteiger partial charge is 0.492 e. The molecule has 2 aromatic rings. The Kier molecular flexibility index (Phi) is 4.51. The summed E-state index contributed by atoms with van der Waals surface area (Å²) < 4.78 is 27.8. The van der Waals surface area contributed by atoms with Crippen LogP contribution in [0.25, 0.3) is 10.9 Å². The number of carboxylic acid groups (broad SMARTS) is 1. The van der Waals surface area contributed by atoms with Crippen molar-refractivity contribution in [1.29, 1.82) is 0 Å². The summed E-state index contributed by atoms with van der Waals surface area (Å²) in [6, 6.07) is 0.873. The summed E-state index contributed by atoms with van der Waals surface area (Å²) in [5.41, 5.74) is 5.60. The summed E-state index contributed by atoms with van der Waals surface area (Å²) in [5, 5.41) is 9.38. The van der Waals surface area contributed by atoms with E-state index in [0.717, 1.165) is 18.9 Å². The molecular weight excluding hydrogens is 369 g/mol. The maximum atomic E-state index is 15.1. The molecule has 3 N–H and O–H groups in total. The first-order valence-electron chi connectivity index (χ1n) is 9.09. The number of halogens is 1. The number of aromatic nitrogens is 1. The average molecular weight is 391 g/mol. The molecular formula is C19H22FN3O5. The zero-order valence-electron chi connectivity index (χ0n) is 15.6. The Bertz CT molecular complexity index is 1020. The van der Waals surface area contributed by atoms with Gasteiger partial charge in [0.25, 0.3) is 0 Å². The van der Waals surface area contributed by atoms with E-state index in [2.05, 4.69) is 0 Å². The van der Waals surface area contributed by atoms with Crippen molar-refractivity contribution in [3.05, 3.63) is 33.9 Å². The summed E-state index contributed by atoms with van der Waals surface area (Å²) in [5.74, 6) is -1.78. The smallest absolute Gasteiger partial charge is 0.341 e. The zero-order valence-corrected chi connectivity index (χ0v) is 15.6. The Hall–Kier alpha value is -2.65. The van der Waals surface area contributed by atoms with Gasteiger partial charge in [-0.15, -0.1) is 0 Å². The minimum absolute atomic E-state index is 0.00307. The van der Waals surface area contributed by atoms with Crippen LogP contribution in [0.15, 0.2) is 17.1 Å². The van der Waals surface area contributed by atoms with Crippen molar-refractivity contribution in [3.63, 3.8) is 0 Å². The molecule has 1 saturated carbocycles. The van der Waals surface area contributed by atoms with Crippen LogP contribution >= 0.6 is 0 Å². The third kappa shape index (κ3) is 2.82. The number of carboxylic acids is 1. The predicted octanol–water partition coefficient (Wildman–Crippen LogP) is 1.34. The zero-order chi connectivity index (χ0) is 20.2. The van der Waals surface area contributed by atoms with Crippen molar-refractivity contribution in [3.8, 4) is 5.75 Å². The minimum atomic E-state index is -1.33. The number of benzene rings is 1. The second-order valence-electron chi connectivity index (χ2n) is 7.29. The van der Waals surface area contributed by atoms with Gasteiger partial charge in [-0.1, -0.05) is 0 Å². The Labute approximate surface area is 160 Å². The van der Waals surface area contributed by atoms with E-state index < -0.39 is 17.2 Å². The number of hydrogen-bond donors (Lipinski definition) is 2. The molecule has 1 aromatic carbocycles. The first kappa shape index (κ1) is 18.7. The molecule has 0 unspecified atom stereocenters. The van der Waals surface area contributed by atoms with Crippen molar-refractivity contribution in [2.45, 2.75) is 31.0 Å². The number of rotatable bonds is 5. The van der Waals surface area contributed by atoms with Crippen molar-refractivity contribution < 1.29 is 23.8 Å². The van der Waals surface area contributed by atoms with E-state index >= 15 is 4.39 Å². The predicted molar refractivity (Wildman–Crippen MR) is 101 cm³/mol. The Morgan fingerprint density at radius 3 is 2.57 bits per heavy atom. The molecule has 28 heavy (non-hydrogen) atoms. The van der Waals surface area contributed by atoms with Gasteiger partial charge in [0.15, 0.2) is 11.6 Å². The highest BCUT2D eigenvalue weighted by Gasteiger charge is 2.36. The molecule has 2 atom stereocenters. The molecule has 1 saturated heterocycles. The van der Waals surface area contributed by atoms with Gasteiger partial charge in [-0.2, -0.15) is 0 Å². The molecule has 1 aliphatic carbocycles. The second kappa shape index (κ2) is 6.75. The van der Waals surface area contributed by atoms with Crippen molar-refractivity contribution in [2.24, 2.45) is 5.73 Å². The van der Waals surface area contributed by atoms with E-state index in [-0.39, 0.29) is 40.6 Å². The van der Waals surface area contributed by atoms with Crippen molar-refractivity contribution in [1.82, 2.24) is 4.57 Å². The van der Waals surface area contributed by atoms with E-state index in [4.69, 9.17) is 15.2 Å². The number of methoxy groups -OCH3 is 2. The second-order valence-corrected chi connectivity index (χ2v) is 7.29. The number of ether oxygens (including phenoxy) is 2. The maximum Gasteiger partial charge on any atom is 0.341 e. The molecule has 1 aliphatic heterocycles. The fourth-order valence-electron chi connectivity index (χ4n) is 3.96. The highest BCUT2D eigenvalue weighted by molar-refractivity contribution is 5.97. The van der Waals surface area contributed by atoms with Crippen LogP contribution in [0.2, 0.25) is 0 Å². The number of aromatic carboxylic acids is 1.